The summed E-state index contributed by atoms with van der Waals surface area (Å²) in [4.78, 5) is 12.3. The summed E-state index contributed by atoms with van der Waals surface area (Å²) in [5, 5.41) is 4.87. The highest BCUT2D eigenvalue weighted by Crippen LogP contribution is 2.16. The van der Waals surface area contributed by atoms with E-state index >= 15 is 0 Å². The zero-order chi connectivity index (χ0) is 16.8. The van der Waals surface area contributed by atoms with Gasteiger partial charge in [0.15, 0.2) is 6.04 Å². The van der Waals surface area contributed by atoms with Gasteiger partial charge in [-0.25, -0.2) is 4.39 Å². The Bertz CT molecular complexity index is 643. The van der Waals surface area contributed by atoms with E-state index in [9.17, 15) is 9.18 Å². The lowest BCUT2D eigenvalue weighted by Gasteiger charge is -2.19. The Kier molecular flexibility index (Phi) is 6.30. The number of nitrogens with two attached hydrogens (primary N) is 1. The third-order valence-electron chi connectivity index (χ3n) is 3.78. The molecule has 122 valence electrons. The number of anilines is 1. The lowest BCUT2D eigenvalue weighted by Crippen LogP contribution is -2.92. The predicted octanol–water partition coefficient (Wildman–Crippen LogP) is 3.63. The number of carbonyl (C=O) groups is 1. The Balaban J connectivity index is 1.98. The van der Waals surface area contributed by atoms with E-state index in [0.29, 0.717) is 5.69 Å². The molecule has 3 N–H and O–H groups in total. The Hall–Kier alpha value is -1.72. The Morgan fingerprint density at radius 3 is 2.35 bits per heavy atom. The predicted molar refractivity (Wildman–Crippen MR) is 93.6 cm³/mol. The molecule has 0 aromatic heterocycles. The molecule has 2 aromatic rings. The summed E-state index contributed by atoms with van der Waals surface area (Å²) < 4.78 is 13.9. The molecule has 0 aliphatic heterocycles. The van der Waals surface area contributed by atoms with Crippen LogP contribution < -0.4 is 10.6 Å². The zero-order valence-electron chi connectivity index (χ0n) is 13.2. The van der Waals surface area contributed by atoms with E-state index in [2.05, 4.69) is 45.6 Å². The average Bonchev–Trinajstić information content (AvgIpc) is 2.55. The molecular weight excluding hydrogens is 359 g/mol. The number of carbonyl (C=O) groups excluding carboxylic acids is 1. The standard InChI is InChI=1S/C18H20BrFN2O/c1-3-17(13-4-6-14(19)7-5-13)21-12(2)18(23)22-16-10-8-15(20)9-11-16/h4-12,17,21H,3H2,1-2H3,(H,22,23)/p+1/t12-,17-/m1/s1. The minimum absolute atomic E-state index is 0.0906. The molecule has 0 heterocycles. The molecular formula is C18H21BrFN2O+. The van der Waals surface area contributed by atoms with Gasteiger partial charge in [0.1, 0.15) is 11.9 Å². The summed E-state index contributed by atoms with van der Waals surface area (Å²) in [7, 11) is 0. The first-order chi connectivity index (χ1) is 11.0. The molecule has 0 saturated carbocycles. The van der Waals surface area contributed by atoms with Crippen molar-refractivity contribution in [1.82, 2.24) is 0 Å². The minimum atomic E-state index is -0.316. The van der Waals surface area contributed by atoms with Crippen LogP contribution in [0.15, 0.2) is 53.0 Å². The van der Waals surface area contributed by atoms with Crippen LogP contribution in [-0.4, -0.2) is 11.9 Å². The summed E-state index contributed by atoms with van der Waals surface area (Å²) in [5.41, 5.74) is 1.80. The van der Waals surface area contributed by atoms with Crippen molar-refractivity contribution in [3.8, 4) is 0 Å². The van der Waals surface area contributed by atoms with Gasteiger partial charge >= 0.3 is 0 Å². The van der Waals surface area contributed by atoms with Crippen molar-refractivity contribution >= 4 is 27.5 Å². The Morgan fingerprint density at radius 2 is 1.78 bits per heavy atom. The maximum Gasteiger partial charge on any atom is 0.282 e. The molecule has 0 aliphatic carbocycles. The van der Waals surface area contributed by atoms with Crippen LogP contribution in [0.25, 0.3) is 0 Å². The van der Waals surface area contributed by atoms with E-state index in [1.54, 1.807) is 12.1 Å². The smallest absolute Gasteiger partial charge is 0.282 e. The van der Waals surface area contributed by atoms with Crippen LogP contribution in [0.4, 0.5) is 10.1 Å². The number of hydrogen-bond donors (Lipinski definition) is 2. The van der Waals surface area contributed by atoms with Crippen LogP contribution in [0.5, 0.6) is 0 Å². The first-order valence-electron chi connectivity index (χ1n) is 7.66. The maximum absolute atomic E-state index is 12.9. The van der Waals surface area contributed by atoms with Gasteiger partial charge in [0, 0.05) is 22.1 Å². The van der Waals surface area contributed by atoms with Gasteiger partial charge in [-0.3, -0.25) is 4.79 Å². The normalized spacial score (nSPS) is 13.4. The lowest BCUT2D eigenvalue weighted by atomic mass is 10.0. The number of halogens is 2. The third kappa shape index (κ3) is 5.15. The number of quaternary nitrogens is 1. The molecule has 0 unspecified atom stereocenters. The first kappa shape index (κ1) is 17.6. The van der Waals surface area contributed by atoms with Crippen LogP contribution >= 0.6 is 15.9 Å². The molecule has 2 rings (SSSR count). The number of hydrogen-bond acceptors (Lipinski definition) is 1. The van der Waals surface area contributed by atoms with Crippen molar-refractivity contribution in [1.29, 1.82) is 0 Å². The van der Waals surface area contributed by atoms with Crippen LogP contribution in [0.2, 0.25) is 0 Å². The monoisotopic (exact) mass is 379 g/mol. The molecule has 0 aliphatic rings. The SMILES string of the molecule is CC[C@@H]([NH2+][C@H](C)C(=O)Nc1ccc(F)cc1)c1ccc(Br)cc1. The quantitative estimate of drug-likeness (QED) is 0.790. The van der Waals surface area contributed by atoms with E-state index in [4.69, 9.17) is 0 Å². The van der Waals surface area contributed by atoms with Crippen LogP contribution in [-0.2, 0) is 4.79 Å². The van der Waals surface area contributed by atoms with E-state index < -0.39 is 0 Å². The number of rotatable bonds is 6. The van der Waals surface area contributed by atoms with Gasteiger partial charge in [-0.2, -0.15) is 0 Å². The fourth-order valence-electron chi connectivity index (χ4n) is 2.42. The second kappa shape index (κ2) is 8.22. The third-order valence-corrected chi connectivity index (χ3v) is 4.31. The van der Waals surface area contributed by atoms with Gasteiger partial charge in [0.2, 0.25) is 0 Å². The van der Waals surface area contributed by atoms with E-state index in [1.807, 2.05) is 19.1 Å². The minimum Gasteiger partial charge on any atom is -0.330 e. The van der Waals surface area contributed by atoms with Crippen LogP contribution in [0.3, 0.4) is 0 Å². The first-order valence-corrected chi connectivity index (χ1v) is 8.45. The van der Waals surface area contributed by atoms with E-state index in [-0.39, 0.29) is 23.8 Å². The van der Waals surface area contributed by atoms with Gasteiger partial charge in [0.25, 0.3) is 5.91 Å². The topological polar surface area (TPSA) is 45.7 Å². The van der Waals surface area contributed by atoms with Crippen molar-refractivity contribution in [2.75, 3.05) is 5.32 Å². The maximum atomic E-state index is 12.9. The highest BCUT2D eigenvalue weighted by molar-refractivity contribution is 9.10. The summed E-state index contributed by atoms with van der Waals surface area (Å²) in [6.45, 7) is 3.98. The lowest BCUT2D eigenvalue weighted by molar-refractivity contribution is -0.713. The van der Waals surface area contributed by atoms with Crippen molar-refractivity contribution in [3.63, 3.8) is 0 Å². The van der Waals surface area contributed by atoms with Gasteiger partial charge < -0.3 is 10.6 Å². The Morgan fingerprint density at radius 1 is 1.17 bits per heavy atom. The molecule has 23 heavy (non-hydrogen) atoms. The van der Waals surface area contributed by atoms with Crippen molar-refractivity contribution < 1.29 is 14.5 Å². The van der Waals surface area contributed by atoms with E-state index in [1.165, 1.54) is 17.7 Å². The molecule has 0 fully saturated rings. The molecule has 3 nitrogen and oxygen atoms in total. The molecule has 2 atom stereocenters. The van der Waals surface area contributed by atoms with Crippen molar-refractivity contribution in [2.45, 2.75) is 32.4 Å². The second-order valence-electron chi connectivity index (χ2n) is 5.54. The summed E-state index contributed by atoms with van der Waals surface area (Å²) in [6.07, 6.45) is 0.926. The summed E-state index contributed by atoms with van der Waals surface area (Å²) in [6, 6.07) is 13.9. The number of benzene rings is 2. The van der Waals surface area contributed by atoms with Gasteiger partial charge in [0.05, 0.1) is 0 Å². The molecule has 2 aromatic carbocycles. The van der Waals surface area contributed by atoms with Gasteiger partial charge in [-0.15, -0.1) is 0 Å². The van der Waals surface area contributed by atoms with Crippen LogP contribution in [0, 0.1) is 5.82 Å². The van der Waals surface area contributed by atoms with E-state index in [0.717, 1.165) is 10.9 Å². The molecule has 0 radical (unpaired) electrons. The molecule has 5 heteroatoms. The summed E-state index contributed by atoms with van der Waals surface area (Å²) in [5.74, 6) is -0.406. The fraction of sp³-hybridized carbons (Fsp3) is 0.278. The highest BCUT2D eigenvalue weighted by Gasteiger charge is 2.22. The van der Waals surface area contributed by atoms with Crippen molar-refractivity contribution in [3.05, 3.63) is 64.4 Å². The molecule has 0 saturated heterocycles. The second-order valence-corrected chi connectivity index (χ2v) is 6.46. The Labute approximate surface area is 144 Å². The zero-order valence-corrected chi connectivity index (χ0v) is 14.8. The average molecular weight is 380 g/mol. The molecule has 1 amide bonds. The largest absolute Gasteiger partial charge is 0.330 e. The molecule has 0 spiro atoms. The van der Waals surface area contributed by atoms with Crippen molar-refractivity contribution in [2.24, 2.45) is 0 Å². The fourth-order valence-corrected chi connectivity index (χ4v) is 2.68. The van der Waals surface area contributed by atoms with Gasteiger partial charge in [-0.05, 0) is 43.3 Å². The number of nitrogens with one attached hydrogen (secondary N) is 1. The highest BCUT2D eigenvalue weighted by atomic mass is 79.9. The molecule has 0 bridgehead atoms. The van der Waals surface area contributed by atoms with Crippen LogP contribution in [0.1, 0.15) is 31.9 Å². The summed E-state index contributed by atoms with van der Waals surface area (Å²) >= 11 is 3.43. The number of amides is 1. The van der Waals surface area contributed by atoms with Gasteiger partial charge in [-0.1, -0.05) is 35.0 Å².